The zero-order valence-corrected chi connectivity index (χ0v) is 9.96. The molecule has 1 aromatic rings. The van der Waals surface area contributed by atoms with E-state index in [0.29, 0.717) is 17.9 Å². The molecular weight excluding hydrogens is 238 g/mol. The predicted octanol–water partition coefficient (Wildman–Crippen LogP) is 0.663. The number of hydrogen-bond acceptors (Lipinski definition) is 4. The van der Waals surface area contributed by atoms with Crippen molar-refractivity contribution in [2.75, 3.05) is 13.7 Å². The monoisotopic (exact) mass is 253 g/mol. The van der Waals surface area contributed by atoms with Crippen molar-refractivity contribution in [2.24, 2.45) is 0 Å². The van der Waals surface area contributed by atoms with Gasteiger partial charge >= 0.3 is 5.97 Å². The number of aliphatic carboxylic acids is 1. The summed E-state index contributed by atoms with van der Waals surface area (Å²) in [6.07, 6.45) is 0.562. The molecule has 0 fully saturated rings. The third kappa shape index (κ3) is 4.32. The van der Waals surface area contributed by atoms with E-state index in [1.807, 2.05) is 0 Å². The van der Waals surface area contributed by atoms with Gasteiger partial charge in [-0.05, 0) is 24.3 Å². The summed E-state index contributed by atoms with van der Waals surface area (Å²) in [7, 11) is 1.57. The Labute approximate surface area is 105 Å². The maximum atomic E-state index is 10.7. The number of benzene rings is 1. The minimum atomic E-state index is -1.08. The minimum absolute atomic E-state index is 0.195. The van der Waals surface area contributed by atoms with Crippen LogP contribution >= 0.6 is 0 Å². The van der Waals surface area contributed by atoms with Gasteiger partial charge in [-0.2, -0.15) is 0 Å². The number of rotatable bonds is 8. The van der Waals surface area contributed by atoms with Crippen LogP contribution in [0.5, 0.6) is 11.5 Å². The molecule has 0 aromatic heterocycles. The van der Waals surface area contributed by atoms with E-state index in [2.05, 4.69) is 5.32 Å². The van der Waals surface area contributed by atoms with Crippen LogP contribution in [-0.4, -0.2) is 37.2 Å². The molecule has 0 aliphatic rings. The van der Waals surface area contributed by atoms with Gasteiger partial charge in [0.1, 0.15) is 17.5 Å². The molecule has 0 spiro atoms. The predicted molar refractivity (Wildman–Crippen MR) is 63.7 cm³/mol. The van der Waals surface area contributed by atoms with Gasteiger partial charge in [0.05, 0.1) is 13.7 Å². The van der Waals surface area contributed by atoms with Gasteiger partial charge in [0, 0.05) is 6.42 Å². The molecule has 2 N–H and O–H groups in total. The number of ether oxygens (including phenoxy) is 2. The Balaban J connectivity index is 2.39. The van der Waals surface area contributed by atoms with Crippen LogP contribution in [0.1, 0.15) is 6.42 Å². The summed E-state index contributed by atoms with van der Waals surface area (Å²) >= 11 is 0. The van der Waals surface area contributed by atoms with Crippen molar-refractivity contribution >= 4 is 12.4 Å². The Morgan fingerprint density at radius 1 is 1.39 bits per heavy atom. The number of hydrogen-bond donors (Lipinski definition) is 2. The first kappa shape index (κ1) is 13.8. The number of methoxy groups -OCH3 is 1. The van der Waals surface area contributed by atoms with Crippen LogP contribution in [0.3, 0.4) is 0 Å². The molecule has 18 heavy (non-hydrogen) atoms. The number of carboxylic acid groups (broad SMARTS) is 1. The van der Waals surface area contributed by atoms with Gasteiger partial charge in [-0.25, -0.2) is 4.79 Å². The largest absolute Gasteiger partial charge is 0.497 e. The molecular formula is C12H15NO5. The second kappa shape index (κ2) is 7.16. The molecule has 1 atom stereocenters. The van der Waals surface area contributed by atoms with Gasteiger partial charge in [0.2, 0.25) is 6.41 Å². The standard InChI is InChI=1S/C12H15NO5/c1-17-9-2-4-10(5-3-9)18-7-6-11(12(15)16)13-8-14/h2-5,8,11H,6-7H2,1H3,(H,13,14)(H,15,16). The molecule has 98 valence electrons. The molecule has 0 bridgehead atoms. The van der Waals surface area contributed by atoms with E-state index in [-0.39, 0.29) is 13.0 Å². The summed E-state index contributed by atoms with van der Waals surface area (Å²) in [5.41, 5.74) is 0. The fourth-order valence-electron chi connectivity index (χ4n) is 1.33. The van der Waals surface area contributed by atoms with Crippen LogP contribution in [0.4, 0.5) is 0 Å². The number of carbonyl (C=O) groups is 2. The van der Waals surface area contributed by atoms with E-state index < -0.39 is 12.0 Å². The van der Waals surface area contributed by atoms with Crippen LogP contribution in [0.2, 0.25) is 0 Å². The van der Waals surface area contributed by atoms with Crippen LogP contribution in [0.15, 0.2) is 24.3 Å². The second-order valence-corrected chi connectivity index (χ2v) is 3.49. The van der Waals surface area contributed by atoms with E-state index in [9.17, 15) is 9.59 Å². The SMILES string of the molecule is COc1ccc(OCCC(NC=O)C(=O)O)cc1. The third-order valence-electron chi connectivity index (χ3n) is 2.30. The Hall–Kier alpha value is -2.24. The zero-order chi connectivity index (χ0) is 13.4. The summed E-state index contributed by atoms with van der Waals surface area (Å²) in [5, 5.41) is 11.0. The van der Waals surface area contributed by atoms with Crippen molar-refractivity contribution < 1.29 is 24.2 Å². The lowest BCUT2D eigenvalue weighted by atomic mass is 10.2. The average Bonchev–Trinajstić information content (AvgIpc) is 2.38. The van der Waals surface area contributed by atoms with E-state index in [4.69, 9.17) is 14.6 Å². The summed E-state index contributed by atoms with van der Waals surface area (Å²) in [5.74, 6) is 0.250. The molecule has 0 heterocycles. The average molecular weight is 253 g/mol. The quantitative estimate of drug-likeness (QED) is 0.665. The van der Waals surface area contributed by atoms with E-state index in [0.717, 1.165) is 0 Å². The number of amides is 1. The third-order valence-corrected chi connectivity index (χ3v) is 2.30. The normalized spacial score (nSPS) is 11.4. The zero-order valence-electron chi connectivity index (χ0n) is 9.96. The van der Waals surface area contributed by atoms with Gasteiger partial charge in [-0.1, -0.05) is 0 Å². The highest BCUT2D eigenvalue weighted by molar-refractivity contribution is 5.76. The number of carbonyl (C=O) groups excluding carboxylic acids is 1. The number of carboxylic acids is 1. The van der Waals surface area contributed by atoms with Crippen molar-refractivity contribution in [2.45, 2.75) is 12.5 Å². The Morgan fingerprint density at radius 3 is 2.50 bits per heavy atom. The van der Waals surface area contributed by atoms with Gasteiger partial charge in [0.25, 0.3) is 0 Å². The lowest BCUT2D eigenvalue weighted by Crippen LogP contribution is -2.36. The fourth-order valence-corrected chi connectivity index (χ4v) is 1.33. The van der Waals surface area contributed by atoms with Crippen molar-refractivity contribution in [3.8, 4) is 11.5 Å². The Kier molecular flexibility index (Phi) is 5.50. The molecule has 0 aliphatic carbocycles. The second-order valence-electron chi connectivity index (χ2n) is 3.49. The Morgan fingerprint density at radius 2 is 2.00 bits per heavy atom. The lowest BCUT2D eigenvalue weighted by Gasteiger charge is -2.12. The van der Waals surface area contributed by atoms with Crippen molar-refractivity contribution in [3.63, 3.8) is 0 Å². The first-order valence-corrected chi connectivity index (χ1v) is 5.36. The molecule has 6 nitrogen and oxygen atoms in total. The highest BCUT2D eigenvalue weighted by Gasteiger charge is 2.15. The molecule has 1 aromatic carbocycles. The maximum Gasteiger partial charge on any atom is 0.326 e. The molecule has 0 saturated carbocycles. The molecule has 0 aliphatic heterocycles. The summed E-state index contributed by atoms with van der Waals surface area (Å²) in [6.45, 7) is 0.199. The summed E-state index contributed by atoms with van der Waals surface area (Å²) in [4.78, 5) is 20.9. The van der Waals surface area contributed by atoms with Crippen molar-refractivity contribution in [1.29, 1.82) is 0 Å². The van der Waals surface area contributed by atoms with Crippen LogP contribution in [0.25, 0.3) is 0 Å². The van der Waals surface area contributed by atoms with Crippen LogP contribution in [-0.2, 0) is 9.59 Å². The first-order valence-electron chi connectivity index (χ1n) is 5.36. The van der Waals surface area contributed by atoms with Crippen LogP contribution < -0.4 is 14.8 Å². The van der Waals surface area contributed by atoms with Crippen molar-refractivity contribution in [1.82, 2.24) is 5.32 Å². The lowest BCUT2D eigenvalue weighted by molar-refractivity contribution is -0.140. The van der Waals surface area contributed by atoms with Gasteiger partial charge < -0.3 is 19.9 Å². The highest BCUT2D eigenvalue weighted by Crippen LogP contribution is 2.17. The van der Waals surface area contributed by atoms with E-state index in [1.165, 1.54) is 0 Å². The summed E-state index contributed by atoms with van der Waals surface area (Å²) < 4.78 is 10.4. The molecule has 0 saturated heterocycles. The Bertz CT molecular complexity index is 390. The maximum absolute atomic E-state index is 10.7. The van der Waals surface area contributed by atoms with E-state index >= 15 is 0 Å². The molecule has 1 rings (SSSR count). The molecule has 0 radical (unpaired) electrons. The minimum Gasteiger partial charge on any atom is -0.497 e. The van der Waals surface area contributed by atoms with Crippen molar-refractivity contribution in [3.05, 3.63) is 24.3 Å². The fraction of sp³-hybridized carbons (Fsp3) is 0.333. The highest BCUT2D eigenvalue weighted by atomic mass is 16.5. The van der Waals surface area contributed by atoms with Crippen LogP contribution in [0, 0.1) is 0 Å². The molecule has 1 amide bonds. The smallest absolute Gasteiger partial charge is 0.326 e. The van der Waals surface area contributed by atoms with Gasteiger partial charge in [-0.15, -0.1) is 0 Å². The topological polar surface area (TPSA) is 84.9 Å². The van der Waals surface area contributed by atoms with Gasteiger partial charge in [-0.3, -0.25) is 4.79 Å². The first-order chi connectivity index (χ1) is 8.67. The summed E-state index contributed by atoms with van der Waals surface area (Å²) in [6, 6.07) is 6.01. The molecule has 1 unspecified atom stereocenters. The van der Waals surface area contributed by atoms with E-state index in [1.54, 1.807) is 31.4 Å². The molecule has 6 heteroatoms. The van der Waals surface area contributed by atoms with Gasteiger partial charge in [0.15, 0.2) is 0 Å². The number of nitrogens with one attached hydrogen (secondary N) is 1.